The van der Waals surface area contributed by atoms with E-state index in [1.807, 2.05) is 0 Å². The molecule has 1 saturated heterocycles. The van der Waals surface area contributed by atoms with E-state index in [9.17, 15) is 8.78 Å². The number of hydrazine groups is 1. The van der Waals surface area contributed by atoms with E-state index in [-0.39, 0.29) is 18.0 Å². The molecule has 0 saturated carbocycles. The Morgan fingerprint density at radius 2 is 2.10 bits per heavy atom. The van der Waals surface area contributed by atoms with Crippen molar-refractivity contribution in [2.75, 3.05) is 6.61 Å². The smallest absolute Gasteiger partial charge is 0.129 e. The van der Waals surface area contributed by atoms with Gasteiger partial charge < -0.3 is 4.74 Å². The third-order valence-corrected chi connectivity index (χ3v) is 3.85. The minimum atomic E-state index is -0.510. The minimum Gasteiger partial charge on any atom is -0.378 e. The van der Waals surface area contributed by atoms with Crippen LogP contribution in [-0.2, 0) is 11.2 Å². The van der Waals surface area contributed by atoms with E-state index in [0.29, 0.717) is 6.10 Å². The van der Waals surface area contributed by atoms with Crippen molar-refractivity contribution in [2.24, 2.45) is 5.84 Å². The van der Waals surface area contributed by atoms with Crippen molar-refractivity contribution in [1.29, 1.82) is 0 Å². The molecule has 0 spiro atoms. The predicted molar refractivity (Wildman–Crippen MR) is 74.0 cm³/mol. The monoisotopic (exact) mass is 284 g/mol. The maximum atomic E-state index is 13.6. The number of rotatable bonds is 7. The summed E-state index contributed by atoms with van der Waals surface area (Å²) in [5.41, 5.74) is 2.76. The Kier molecular flexibility index (Phi) is 5.88. The van der Waals surface area contributed by atoms with E-state index in [1.54, 1.807) is 0 Å². The van der Waals surface area contributed by atoms with E-state index in [1.165, 1.54) is 18.2 Å². The van der Waals surface area contributed by atoms with Gasteiger partial charge in [0.1, 0.15) is 11.6 Å². The Labute approximate surface area is 118 Å². The predicted octanol–water partition coefficient (Wildman–Crippen LogP) is 2.69. The van der Waals surface area contributed by atoms with Crippen molar-refractivity contribution in [3.05, 3.63) is 35.4 Å². The van der Waals surface area contributed by atoms with Crippen LogP contribution in [0.1, 0.15) is 37.7 Å². The lowest BCUT2D eigenvalue weighted by molar-refractivity contribution is 0.101. The van der Waals surface area contributed by atoms with E-state index in [4.69, 9.17) is 10.6 Å². The summed E-state index contributed by atoms with van der Waals surface area (Å²) in [5.74, 6) is 4.47. The highest BCUT2D eigenvalue weighted by Gasteiger charge is 2.18. The Balaban J connectivity index is 1.82. The number of hydrogen-bond acceptors (Lipinski definition) is 3. The first-order chi connectivity index (χ1) is 9.70. The summed E-state index contributed by atoms with van der Waals surface area (Å²) < 4.78 is 32.7. The second-order valence-corrected chi connectivity index (χ2v) is 5.33. The standard InChI is InChI=1S/C15H22F2N2O/c16-14-7-2-8-15(17)13(14)10-11(19-18)4-1-5-12-6-3-9-20-12/h2,7-8,11-12,19H,1,3-6,9-10,18H2. The third kappa shape index (κ3) is 4.23. The Bertz CT molecular complexity index is 402. The average Bonchev–Trinajstić information content (AvgIpc) is 2.94. The summed E-state index contributed by atoms with van der Waals surface area (Å²) in [5, 5.41) is 0. The van der Waals surface area contributed by atoms with Gasteiger partial charge in [-0.1, -0.05) is 6.07 Å². The van der Waals surface area contributed by atoms with Gasteiger partial charge in [0.2, 0.25) is 0 Å². The molecular weight excluding hydrogens is 262 g/mol. The van der Waals surface area contributed by atoms with E-state index in [0.717, 1.165) is 38.7 Å². The first kappa shape index (κ1) is 15.4. The van der Waals surface area contributed by atoms with Crippen LogP contribution in [0.15, 0.2) is 18.2 Å². The first-order valence-corrected chi connectivity index (χ1v) is 7.21. The number of nitrogens with two attached hydrogens (primary N) is 1. The van der Waals surface area contributed by atoms with Crippen LogP contribution >= 0.6 is 0 Å². The normalized spacial score (nSPS) is 20.2. The van der Waals surface area contributed by atoms with Gasteiger partial charge in [-0.15, -0.1) is 0 Å². The van der Waals surface area contributed by atoms with Crippen molar-refractivity contribution in [2.45, 2.75) is 50.7 Å². The van der Waals surface area contributed by atoms with Gasteiger partial charge in [-0.25, -0.2) is 8.78 Å². The summed E-state index contributed by atoms with van der Waals surface area (Å²) in [4.78, 5) is 0. The molecule has 0 amide bonds. The lowest BCUT2D eigenvalue weighted by Crippen LogP contribution is -2.37. The largest absolute Gasteiger partial charge is 0.378 e. The number of halogens is 2. The molecule has 0 aromatic heterocycles. The highest BCUT2D eigenvalue weighted by Crippen LogP contribution is 2.20. The molecule has 1 aromatic carbocycles. The molecule has 1 fully saturated rings. The van der Waals surface area contributed by atoms with Gasteiger partial charge in [0.25, 0.3) is 0 Å². The molecule has 3 nitrogen and oxygen atoms in total. The lowest BCUT2D eigenvalue weighted by Gasteiger charge is -2.17. The van der Waals surface area contributed by atoms with Gasteiger partial charge in [0.05, 0.1) is 6.10 Å². The van der Waals surface area contributed by atoms with Crippen LogP contribution in [-0.4, -0.2) is 18.8 Å². The van der Waals surface area contributed by atoms with Gasteiger partial charge >= 0.3 is 0 Å². The Morgan fingerprint density at radius 3 is 2.70 bits per heavy atom. The average molecular weight is 284 g/mol. The highest BCUT2D eigenvalue weighted by molar-refractivity contribution is 5.20. The molecule has 1 aliphatic rings. The van der Waals surface area contributed by atoms with Crippen LogP contribution in [0.4, 0.5) is 8.78 Å². The zero-order valence-electron chi connectivity index (χ0n) is 11.6. The fourth-order valence-corrected chi connectivity index (χ4v) is 2.68. The molecule has 20 heavy (non-hydrogen) atoms. The lowest BCUT2D eigenvalue weighted by atomic mass is 9.99. The van der Waals surface area contributed by atoms with Crippen LogP contribution in [0.3, 0.4) is 0 Å². The van der Waals surface area contributed by atoms with E-state index >= 15 is 0 Å². The van der Waals surface area contributed by atoms with Gasteiger partial charge in [0, 0.05) is 18.2 Å². The highest BCUT2D eigenvalue weighted by atomic mass is 19.1. The van der Waals surface area contributed by atoms with Crippen molar-refractivity contribution in [3.63, 3.8) is 0 Å². The van der Waals surface area contributed by atoms with Gasteiger partial charge in [-0.2, -0.15) is 0 Å². The fourth-order valence-electron chi connectivity index (χ4n) is 2.68. The molecule has 0 radical (unpaired) electrons. The molecule has 0 bridgehead atoms. The number of ether oxygens (including phenoxy) is 1. The van der Waals surface area contributed by atoms with Crippen LogP contribution in [0, 0.1) is 11.6 Å². The fraction of sp³-hybridized carbons (Fsp3) is 0.600. The zero-order chi connectivity index (χ0) is 14.4. The quantitative estimate of drug-likeness (QED) is 0.598. The van der Waals surface area contributed by atoms with Crippen molar-refractivity contribution in [3.8, 4) is 0 Å². The van der Waals surface area contributed by atoms with Gasteiger partial charge in [-0.3, -0.25) is 11.3 Å². The minimum absolute atomic E-state index is 0.104. The number of nitrogens with one attached hydrogen (secondary N) is 1. The second kappa shape index (κ2) is 7.67. The third-order valence-electron chi connectivity index (χ3n) is 3.85. The van der Waals surface area contributed by atoms with Crippen LogP contribution < -0.4 is 11.3 Å². The maximum Gasteiger partial charge on any atom is 0.129 e. The van der Waals surface area contributed by atoms with E-state index in [2.05, 4.69) is 5.43 Å². The van der Waals surface area contributed by atoms with Crippen molar-refractivity contribution in [1.82, 2.24) is 5.43 Å². The molecule has 1 aromatic rings. The topological polar surface area (TPSA) is 47.3 Å². The number of benzene rings is 1. The maximum absolute atomic E-state index is 13.6. The summed E-state index contributed by atoms with van der Waals surface area (Å²) in [6, 6.07) is 3.80. The molecule has 3 N–H and O–H groups in total. The summed E-state index contributed by atoms with van der Waals surface area (Å²) in [6.07, 6.45) is 5.56. The van der Waals surface area contributed by atoms with Gasteiger partial charge in [-0.05, 0) is 50.7 Å². The Hall–Kier alpha value is -1.04. The molecule has 2 atom stereocenters. The van der Waals surface area contributed by atoms with Gasteiger partial charge in [0.15, 0.2) is 0 Å². The number of hydrogen-bond donors (Lipinski definition) is 2. The summed E-state index contributed by atoms with van der Waals surface area (Å²) >= 11 is 0. The molecule has 2 rings (SSSR count). The molecular formula is C15H22F2N2O. The molecule has 112 valence electrons. The van der Waals surface area contributed by atoms with Crippen LogP contribution in [0.5, 0.6) is 0 Å². The summed E-state index contributed by atoms with van der Waals surface area (Å²) in [6.45, 7) is 0.851. The second-order valence-electron chi connectivity index (χ2n) is 5.33. The molecule has 1 heterocycles. The Morgan fingerprint density at radius 1 is 1.35 bits per heavy atom. The molecule has 2 unspecified atom stereocenters. The first-order valence-electron chi connectivity index (χ1n) is 7.21. The molecule has 5 heteroatoms. The van der Waals surface area contributed by atoms with E-state index < -0.39 is 11.6 Å². The molecule has 0 aliphatic carbocycles. The summed E-state index contributed by atoms with van der Waals surface area (Å²) in [7, 11) is 0. The van der Waals surface area contributed by atoms with Crippen molar-refractivity contribution >= 4 is 0 Å². The van der Waals surface area contributed by atoms with Crippen molar-refractivity contribution < 1.29 is 13.5 Å². The van der Waals surface area contributed by atoms with Crippen LogP contribution in [0.2, 0.25) is 0 Å². The SMILES string of the molecule is NNC(CCCC1CCCO1)Cc1c(F)cccc1F. The van der Waals surface area contributed by atoms with Crippen LogP contribution in [0.25, 0.3) is 0 Å². The zero-order valence-corrected chi connectivity index (χ0v) is 11.6. The molecule has 1 aliphatic heterocycles.